The van der Waals surface area contributed by atoms with Crippen LogP contribution in [0.2, 0.25) is 0 Å². The fourth-order valence-corrected chi connectivity index (χ4v) is 1.86. The van der Waals surface area contributed by atoms with Crippen LogP contribution in [0.4, 0.5) is 0 Å². The summed E-state index contributed by atoms with van der Waals surface area (Å²) in [6.45, 7) is 2.11. The van der Waals surface area contributed by atoms with Gasteiger partial charge < -0.3 is 10.1 Å². The van der Waals surface area contributed by atoms with E-state index >= 15 is 0 Å². The largest absolute Gasteiger partial charge is 0.490 e. The van der Waals surface area contributed by atoms with Crippen molar-refractivity contribution in [3.05, 3.63) is 54.6 Å². The molecular weight excluding hydrogens is 210 g/mol. The molecule has 0 aliphatic carbocycles. The van der Waals surface area contributed by atoms with Crippen molar-refractivity contribution in [1.29, 1.82) is 0 Å². The van der Waals surface area contributed by atoms with Crippen LogP contribution in [0.1, 0.15) is 12.8 Å². The summed E-state index contributed by atoms with van der Waals surface area (Å²) in [7, 11) is 0. The summed E-state index contributed by atoms with van der Waals surface area (Å²) in [5.74, 6) is 0.938. The molecule has 90 valence electrons. The van der Waals surface area contributed by atoms with Crippen LogP contribution in [0.15, 0.2) is 54.6 Å². The molecule has 0 atom stereocenters. The molecule has 0 spiro atoms. The summed E-state index contributed by atoms with van der Waals surface area (Å²) >= 11 is 0. The van der Waals surface area contributed by atoms with Crippen molar-refractivity contribution in [2.45, 2.75) is 18.9 Å². The molecule has 2 nitrogen and oxygen atoms in total. The fourth-order valence-electron chi connectivity index (χ4n) is 1.86. The van der Waals surface area contributed by atoms with E-state index in [1.165, 1.54) is 0 Å². The first-order valence-corrected chi connectivity index (χ1v) is 6.21. The molecule has 0 radical (unpaired) electrons. The Morgan fingerprint density at radius 1 is 0.824 bits per heavy atom. The molecule has 0 amide bonds. The summed E-state index contributed by atoms with van der Waals surface area (Å²) in [5.41, 5.74) is 0. The third kappa shape index (κ3) is 4.45. The van der Waals surface area contributed by atoms with Crippen LogP contribution in [0.5, 0.6) is 5.75 Å². The number of ether oxygens (including phenoxy) is 1. The predicted molar refractivity (Wildman–Crippen MR) is 70.6 cm³/mol. The summed E-state index contributed by atoms with van der Waals surface area (Å²) in [6, 6.07) is 18.1. The van der Waals surface area contributed by atoms with Crippen LogP contribution >= 0.6 is 0 Å². The molecule has 17 heavy (non-hydrogen) atoms. The van der Waals surface area contributed by atoms with Crippen LogP contribution in [0, 0.1) is 0 Å². The highest BCUT2D eigenvalue weighted by atomic mass is 16.5. The number of piperidine rings is 1. The van der Waals surface area contributed by atoms with E-state index < -0.39 is 0 Å². The number of rotatable bonds is 2. The summed E-state index contributed by atoms with van der Waals surface area (Å²) in [4.78, 5) is 0. The second kappa shape index (κ2) is 6.92. The van der Waals surface area contributed by atoms with Gasteiger partial charge in [-0.1, -0.05) is 42.5 Å². The van der Waals surface area contributed by atoms with Gasteiger partial charge in [0.1, 0.15) is 11.9 Å². The molecule has 2 rings (SSSR count). The van der Waals surface area contributed by atoms with Gasteiger partial charge in [0.15, 0.2) is 0 Å². The topological polar surface area (TPSA) is 21.3 Å². The van der Waals surface area contributed by atoms with Gasteiger partial charge in [0.05, 0.1) is 0 Å². The van der Waals surface area contributed by atoms with Crippen LogP contribution in [-0.4, -0.2) is 19.2 Å². The first kappa shape index (κ1) is 11.9. The third-order valence-corrected chi connectivity index (χ3v) is 2.78. The lowest BCUT2D eigenvalue weighted by atomic mass is 10.1. The Morgan fingerprint density at radius 3 is 1.94 bits per heavy atom. The maximum atomic E-state index is 5.99. The van der Waals surface area contributed by atoms with Gasteiger partial charge in [0.25, 0.3) is 0 Å². The highest BCUT2D eigenvalue weighted by Gasteiger charge is 2.13. The quantitative estimate of drug-likeness (QED) is 0.842. The molecule has 1 aliphatic heterocycles. The van der Waals surface area contributed by atoms with Crippen molar-refractivity contribution in [3.63, 3.8) is 0 Å². The first-order chi connectivity index (χ1) is 8.45. The molecule has 1 heterocycles. The predicted octanol–water partition coefficient (Wildman–Crippen LogP) is 2.94. The van der Waals surface area contributed by atoms with Gasteiger partial charge >= 0.3 is 0 Å². The van der Waals surface area contributed by atoms with Crippen LogP contribution in [0.3, 0.4) is 0 Å². The second-order valence-electron chi connectivity index (χ2n) is 4.15. The normalized spacial score (nSPS) is 16.0. The average molecular weight is 229 g/mol. The SMILES string of the molecule is c1ccccc(OC2CCNCC2)cccc1. The molecule has 0 aromatic heterocycles. The zero-order valence-corrected chi connectivity index (χ0v) is 10.0. The Labute approximate surface area is 103 Å². The first-order valence-electron chi connectivity index (χ1n) is 6.21. The van der Waals surface area contributed by atoms with E-state index in [9.17, 15) is 0 Å². The number of nitrogens with one attached hydrogen (secondary N) is 1. The van der Waals surface area contributed by atoms with Crippen LogP contribution in [-0.2, 0) is 0 Å². The van der Waals surface area contributed by atoms with Crippen LogP contribution in [0.25, 0.3) is 0 Å². The van der Waals surface area contributed by atoms with Gasteiger partial charge in [-0.15, -0.1) is 0 Å². The highest BCUT2D eigenvalue weighted by molar-refractivity contribution is 5.18. The molecule has 0 saturated carbocycles. The second-order valence-corrected chi connectivity index (χ2v) is 4.15. The lowest BCUT2D eigenvalue weighted by Gasteiger charge is -2.23. The van der Waals surface area contributed by atoms with E-state index in [2.05, 4.69) is 5.32 Å². The van der Waals surface area contributed by atoms with E-state index in [4.69, 9.17) is 4.74 Å². The summed E-state index contributed by atoms with van der Waals surface area (Å²) in [5, 5.41) is 3.34. The molecule has 1 saturated heterocycles. The van der Waals surface area contributed by atoms with E-state index in [-0.39, 0.29) is 0 Å². The van der Waals surface area contributed by atoms with E-state index in [1.54, 1.807) is 0 Å². The van der Waals surface area contributed by atoms with Crippen molar-refractivity contribution in [2.75, 3.05) is 13.1 Å². The third-order valence-electron chi connectivity index (χ3n) is 2.78. The minimum absolute atomic E-state index is 0.350. The minimum atomic E-state index is 0.350. The molecule has 1 aromatic carbocycles. The van der Waals surface area contributed by atoms with Gasteiger partial charge in [-0.25, -0.2) is 0 Å². The average Bonchev–Trinajstić information content (AvgIpc) is 2.38. The zero-order valence-electron chi connectivity index (χ0n) is 10.0. The smallest absolute Gasteiger partial charge is 0.119 e. The van der Waals surface area contributed by atoms with Gasteiger partial charge in [0, 0.05) is 0 Å². The Balaban J connectivity index is 2.08. The maximum Gasteiger partial charge on any atom is 0.119 e. The zero-order chi connectivity index (χ0) is 11.8. The molecule has 2 heteroatoms. The molecule has 1 fully saturated rings. The Morgan fingerprint density at radius 2 is 1.35 bits per heavy atom. The standard InChI is InChI=1S/C15H19NO/c1-2-4-6-8-14(9-7-5-3-1)17-15-10-12-16-13-11-15/h1-9,15-16H,10-13H2. The maximum absolute atomic E-state index is 5.99. The van der Waals surface area contributed by atoms with Crippen molar-refractivity contribution in [3.8, 4) is 5.75 Å². The molecule has 1 N–H and O–H groups in total. The van der Waals surface area contributed by atoms with Gasteiger partial charge in [-0.3, -0.25) is 0 Å². The van der Waals surface area contributed by atoms with Crippen molar-refractivity contribution < 1.29 is 4.74 Å². The fraction of sp³-hybridized carbons (Fsp3) is 0.333. The highest BCUT2D eigenvalue weighted by Crippen LogP contribution is 2.14. The van der Waals surface area contributed by atoms with Crippen molar-refractivity contribution in [1.82, 2.24) is 5.32 Å². The van der Waals surface area contributed by atoms with Crippen molar-refractivity contribution in [2.24, 2.45) is 0 Å². The van der Waals surface area contributed by atoms with Crippen LogP contribution < -0.4 is 10.1 Å². The van der Waals surface area contributed by atoms with E-state index in [0.29, 0.717) is 6.10 Å². The monoisotopic (exact) mass is 229 g/mol. The van der Waals surface area contributed by atoms with Gasteiger partial charge in [-0.2, -0.15) is 0 Å². The molecule has 0 bridgehead atoms. The Kier molecular flexibility index (Phi) is 4.86. The molecule has 1 aliphatic rings. The minimum Gasteiger partial charge on any atom is -0.490 e. The molecule has 0 unspecified atom stereocenters. The number of hydrogen-bond acceptors (Lipinski definition) is 2. The lowest BCUT2D eigenvalue weighted by Crippen LogP contribution is -2.34. The lowest BCUT2D eigenvalue weighted by molar-refractivity contribution is 0.162. The molecule has 1 aromatic rings. The van der Waals surface area contributed by atoms with E-state index in [1.807, 2.05) is 54.6 Å². The molecular formula is C15H19NO. The van der Waals surface area contributed by atoms with Crippen molar-refractivity contribution >= 4 is 0 Å². The Hall–Kier alpha value is -1.54. The van der Waals surface area contributed by atoms with Gasteiger partial charge in [0.2, 0.25) is 0 Å². The number of hydrogen-bond donors (Lipinski definition) is 1. The van der Waals surface area contributed by atoms with Gasteiger partial charge in [-0.05, 0) is 38.1 Å². The summed E-state index contributed by atoms with van der Waals surface area (Å²) < 4.78 is 5.99. The van der Waals surface area contributed by atoms with E-state index in [0.717, 1.165) is 31.7 Å². The summed E-state index contributed by atoms with van der Waals surface area (Å²) in [6.07, 6.45) is 2.53. The Bertz CT molecular complexity index is 360.